The first kappa shape index (κ1) is 22.0. The van der Waals surface area contributed by atoms with Crippen molar-refractivity contribution in [1.29, 1.82) is 0 Å². The maximum absolute atomic E-state index is 13.2. The lowest BCUT2D eigenvalue weighted by atomic mass is 9.93. The van der Waals surface area contributed by atoms with Crippen LogP contribution in [0.4, 0.5) is 0 Å². The average molecular weight is 410 g/mol. The van der Waals surface area contributed by atoms with Crippen molar-refractivity contribution in [2.75, 3.05) is 13.2 Å². The number of carbonyl (C=O) groups is 2. The molecule has 30 heavy (non-hydrogen) atoms. The number of rotatable bonds is 10. The molecule has 0 spiro atoms. The number of benzene rings is 2. The molecule has 0 N–H and O–H groups in total. The Morgan fingerprint density at radius 3 is 2.27 bits per heavy atom. The molecule has 1 saturated carbocycles. The van der Waals surface area contributed by atoms with Crippen molar-refractivity contribution in [1.82, 2.24) is 5.06 Å². The van der Waals surface area contributed by atoms with Gasteiger partial charge in [0.25, 0.3) is 5.91 Å². The fraction of sp³-hybridized carbons (Fsp3) is 0.440. The van der Waals surface area contributed by atoms with Crippen LogP contribution in [-0.2, 0) is 21.0 Å². The van der Waals surface area contributed by atoms with Crippen LogP contribution in [-0.4, -0.2) is 30.1 Å². The zero-order chi connectivity index (χ0) is 21.2. The van der Waals surface area contributed by atoms with Gasteiger partial charge in [0, 0.05) is 5.56 Å². The van der Waals surface area contributed by atoms with Gasteiger partial charge in [-0.05, 0) is 37.0 Å². The molecular weight excluding hydrogens is 378 g/mol. The minimum atomic E-state index is -0.392. The molecule has 0 aromatic heterocycles. The van der Waals surface area contributed by atoms with Crippen LogP contribution in [0.5, 0.6) is 0 Å². The molecule has 160 valence electrons. The highest BCUT2D eigenvalue weighted by Gasteiger charge is 2.30. The summed E-state index contributed by atoms with van der Waals surface area (Å²) in [6, 6.07) is 18.7. The second kappa shape index (κ2) is 11.5. The van der Waals surface area contributed by atoms with Crippen LogP contribution in [0.1, 0.15) is 54.9 Å². The third-order valence-electron chi connectivity index (χ3n) is 5.58. The number of carbonyl (C=O) groups excluding carboxylic acids is 2. The number of hydrogen-bond acceptors (Lipinski definition) is 4. The number of hydroxylamine groups is 2. The van der Waals surface area contributed by atoms with E-state index in [1.54, 1.807) is 12.1 Å². The van der Waals surface area contributed by atoms with E-state index in [4.69, 9.17) is 9.57 Å². The largest absolute Gasteiger partial charge is 0.466 e. The van der Waals surface area contributed by atoms with Crippen molar-refractivity contribution in [2.45, 2.75) is 45.6 Å². The second-order valence-electron chi connectivity index (χ2n) is 7.83. The van der Waals surface area contributed by atoms with Crippen LogP contribution in [0.25, 0.3) is 0 Å². The summed E-state index contributed by atoms with van der Waals surface area (Å²) < 4.78 is 5.33. The van der Waals surface area contributed by atoms with Crippen LogP contribution >= 0.6 is 0 Å². The number of hydrogen-bond donors (Lipinski definition) is 0. The molecule has 1 fully saturated rings. The highest BCUT2D eigenvalue weighted by molar-refractivity contribution is 5.93. The monoisotopic (exact) mass is 409 g/mol. The summed E-state index contributed by atoms with van der Waals surface area (Å²) in [6.45, 7) is 2.59. The van der Waals surface area contributed by atoms with Gasteiger partial charge in [-0.1, -0.05) is 74.2 Å². The first-order valence-corrected chi connectivity index (χ1v) is 10.9. The van der Waals surface area contributed by atoms with Crippen molar-refractivity contribution in [3.05, 3.63) is 71.8 Å². The second-order valence-corrected chi connectivity index (χ2v) is 7.83. The summed E-state index contributed by atoms with van der Waals surface area (Å²) in [5.74, 6) is -0.385. The van der Waals surface area contributed by atoms with Gasteiger partial charge in [0.15, 0.2) is 0 Å². The van der Waals surface area contributed by atoms with Crippen molar-refractivity contribution in [3.8, 4) is 0 Å². The van der Waals surface area contributed by atoms with E-state index in [1.807, 2.05) is 55.5 Å². The topological polar surface area (TPSA) is 55.8 Å². The molecule has 0 heterocycles. The molecule has 0 saturated heterocycles. The quantitative estimate of drug-likeness (QED) is 0.408. The van der Waals surface area contributed by atoms with Crippen LogP contribution in [0.3, 0.4) is 0 Å². The molecule has 0 radical (unpaired) electrons. The Bertz CT molecular complexity index is 787. The summed E-state index contributed by atoms with van der Waals surface area (Å²) in [5, 5.41) is 1.35. The van der Waals surface area contributed by atoms with Gasteiger partial charge >= 0.3 is 5.97 Å². The Labute approximate surface area is 178 Å². The van der Waals surface area contributed by atoms with Crippen molar-refractivity contribution in [2.24, 2.45) is 11.8 Å². The molecule has 1 amide bonds. The van der Waals surface area contributed by atoms with Crippen molar-refractivity contribution < 1.29 is 19.2 Å². The summed E-state index contributed by atoms with van der Waals surface area (Å²) in [5.41, 5.74) is 1.50. The van der Waals surface area contributed by atoms with Crippen LogP contribution in [0, 0.1) is 11.8 Å². The van der Waals surface area contributed by atoms with E-state index < -0.39 is 5.92 Å². The third kappa shape index (κ3) is 6.42. The summed E-state index contributed by atoms with van der Waals surface area (Å²) in [6.07, 6.45) is 5.40. The molecule has 5 nitrogen and oxygen atoms in total. The molecule has 2 aromatic carbocycles. The average Bonchev–Trinajstić information content (AvgIpc) is 3.30. The maximum Gasteiger partial charge on any atom is 0.310 e. The number of esters is 1. The lowest BCUT2D eigenvalue weighted by Gasteiger charge is -2.27. The third-order valence-corrected chi connectivity index (χ3v) is 5.58. The summed E-state index contributed by atoms with van der Waals surface area (Å²) in [4.78, 5) is 31.8. The van der Waals surface area contributed by atoms with E-state index in [2.05, 4.69) is 0 Å². The number of amides is 1. The Kier molecular flexibility index (Phi) is 8.45. The van der Waals surface area contributed by atoms with Gasteiger partial charge in [0.2, 0.25) is 0 Å². The molecule has 0 bridgehead atoms. The maximum atomic E-state index is 13.2. The first-order valence-electron chi connectivity index (χ1n) is 10.9. The Morgan fingerprint density at radius 2 is 1.63 bits per heavy atom. The van der Waals surface area contributed by atoms with Crippen molar-refractivity contribution >= 4 is 11.9 Å². The fourth-order valence-electron chi connectivity index (χ4n) is 4.00. The number of ether oxygens (including phenoxy) is 1. The molecule has 1 aliphatic carbocycles. The standard InChI is InChI=1S/C25H31NO4/c1-2-29-25(28)23(17-20-11-9-10-12-20)18-26(24(27)22-15-7-4-8-16-22)30-19-21-13-5-3-6-14-21/h3-8,13-16,20,23H,2,9-12,17-19H2,1H3. The minimum absolute atomic E-state index is 0.190. The molecule has 3 rings (SSSR count). The SMILES string of the molecule is CCOC(=O)C(CC1CCCC1)CN(OCc1ccccc1)C(=O)c1ccccc1. The van der Waals surface area contributed by atoms with E-state index in [1.165, 1.54) is 17.9 Å². The lowest BCUT2D eigenvalue weighted by molar-refractivity contribution is -0.163. The van der Waals surface area contributed by atoms with Gasteiger partial charge in [-0.3, -0.25) is 14.4 Å². The summed E-state index contributed by atoms with van der Waals surface area (Å²) in [7, 11) is 0. The predicted octanol–water partition coefficient (Wildman–Crippen LogP) is 5.02. The number of nitrogens with zero attached hydrogens (tertiary/aromatic N) is 1. The summed E-state index contributed by atoms with van der Waals surface area (Å²) >= 11 is 0. The van der Waals surface area contributed by atoms with E-state index in [9.17, 15) is 9.59 Å². The molecule has 0 aliphatic heterocycles. The lowest BCUT2D eigenvalue weighted by Crippen LogP contribution is -2.39. The van der Waals surface area contributed by atoms with Gasteiger partial charge < -0.3 is 4.74 Å². The van der Waals surface area contributed by atoms with Gasteiger partial charge in [0.05, 0.1) is 19.1 Å². The molecular formula is C25H31NO4. The molecule has 1 aliphatic rings. The van der Waals surface area contributed by atoms with E-state index >= 15 is 0 Å². The molecule has 1 atom stereocenters. The smallest absolute Gasteiger partial charge is 0.310 e. The van der Waals surface area contributed by atoms with Crippen LogP contribution in [0.15, 0.2) is 60.7 Å². The fourth-order valence-corrected chi connectivity index (χ4v) is 4.00. The van der Waals surface area contributed by atoms with Crippen molar-refractivity contribution in [3.63, 3.8) is 0 Å². The first-order chi connectivity index (χ1) is 14.7. The van der Waals surface area contributed by atoms with Gasteiger partial charge in [-0.25, -0.2) is 5.06 Å². The van der Waals surface area contributed by atoms with Crippen LogP contribution in [0.2, 0.25) is 0 Å². The molecule has 5 heteroatoms. The zero-order valence-electron chi connectivity index (χ0n) is 17.7. The normalized spacial score (nSPS) is 15.0. The predicted molar refractivity (Wildman–Crippen MR) is 115 cm³/mol. The van der Waals surface area contributed by atoms with E-state index in [-0.39, 0.29) is 25.0 Å². The van der Waals surface area contributed by atoms with Gasteiger partial charge in [-0.2, -0.15) is 0 Å². The van der Waals surface area contributed by atoms with Gasteiger partial charge in [-0.15, -0.1) is 0 Å². The van der Waals surface area contributed by atoms with Gasteiger partial charge in [0.1, 0.15) is 6.61 Å². The molecule has 1 unspecified atom stereocenters. The molecule has 2 aromatic rings. The Morgan fingerprint density at radius 1 is 1.00 bits per heavy atom. The highest BCUT2D eigenvalue weighted by Crippen LogP contribution is 2.31. The Hall–Kier alpha value is -2.66. The van der Waals surface area contributed by atoms with Crippen LogP contribution < -0.4 is 0 Å². The van der Waals surface area contributed by atoms with E-state index in [0.29, 0.717) is 18.1 Å². The zero-order valence-corrected chi connectivity index (χ0v) is 17.7. The Balaban J connectivity index is 1.76. The highest BCUT2D eigenvalue weighted by atomic mass is 16.7. The minimum Gasteiger partial charge on any atom is -0.466 e. The van der Waals surface area contributed by atoms with E-state index in [0.717, 1.165) is 24.8 Å².